The lowest BCUT2D eigenvalue weighted by molar-refractivity contribution is -0.115. The van der Waals surface area contributed by atoms with E-state index in [0.717, 1.165) is 17.5 Å². The van der Waals surface area contributed by atoms with Crippen molar-refractivity contribution in [1.29, 1.82) is 0 Å². The molecule has 1 aliphatic heterocycles. The summed E-state index contributed by atoms with van der Waals surface area (Å²) in [5.41, 5.74) is 3.29. The molecule has 0 unspecified atom stereocenters. The van der Waals surface area contributed by atoms with Crippen LogP contribution >= 0.6 is 11.3 Å². The zero-order chi connectivity index (χ0) is 19.3. The molecule has 8 nitrogen and oxygen atoms in total. The van der Waals surface area contributed by atoms with E-state index in [4.69, 9.17) is 0 Å². The topological polar surface area (TPSA) is 100 Å². The van der Waals surface area contributed by atoms with Crippen LogP contribution in [0.2, 0.25) is 0 Å². The van der Waals surface area contributed by atoms with Crippen LogP contribution in [0.1, 0.15) is 11.1 Å². The second-order valence-electron chi connectivity index (χ2n) is 6.30. The molecule has 0 radical (unpaired) electrons. The van der Waals surface area contributed by atoms with E-state index in [1.807, 2.05) is 30.3 Å². The Balaban J connectivity index is 1.28. The van der Waals surface area contributed by atoms with Crippen molar-refractivity contribution in [3.8, 4) is 10.6 Å². The summed E-state index contributed by atoms with van der Waals surface area (Å²) in [7, 11) is 0. The Morgan fingerprint density at radius 3 is 2.68 bits per heavy atom. The molecular weight excluding hydrogens is 376 g/mol. The Morgan fingerprint density at radius 1 is 1.07 bits per heavy atom. The van der Waals surface area contributed by atoms with Crippen molar-refractivity contribution in [2.24, 2.45) is 0 Å². The molecule has 0 bridgehead atoms. The number of hydrogen-bond acceptors (Lipinski definition) is 6. The van der Waals surface area contributed by atoms with Gasteiger partial charge in [0.05, 0.1) is 6.54 Å². The fraction of sp³-hybridized carbons (Fsp3) is 0.211. The molecule has 3 amide bonds. The minimum Gasteiger partial charge on any atom is -0.329 e. The second kappa shape index (κ2) is 8.13. The smallest absolute Gasteiger partial charge is 0.318 e. The van der Waals surface area contributed by atoms with Gasteiger partial charge in [-0.1, -0.05) is 35.6 Å². The van der Waals surface area contributed by atoms with Gasteiger partial charge in [0.1, 0.15) is 5.01 Å². The van der Waals surface area contributed by atoms with Gasteiger partial charge in [-0.3, -0.25) is 15.1 Å². The number of fused-ring (bicyclic) bond motifs is 1. The lowest BCUT2D eigenvalue weighted by Gasteiger charge is -2.28. The third-order valence-corrected chi connectivity index (χ3v) is 5.30. The monoisotopic (exact) mass is 394 g/mol. The highest BCUT2D eigenvalue weighted by atomic mass is 32.1. The van der Waals surface area contributed by atoms with Crippen molar-refractivity contribution >= 4 is 28.4 Å². The number of benzene rings is 1. The molecule has 28 heavy (non-hydrogen) atoms. The lowest BCUT2D eigenvalue weighted by Crippen LogP contribution is -2.45. The molecule has 0 saturated carbocycles. The lowest BCUT2D eigenvalue weighted by atomic mass is 10.0. The maximum absolute atomic E-state index is 12.4. The minimum atomic E-state index is -0.344. The van der Waals surface area contributed by atoms with E-state index >= 15 is 0 Å². The number of urea groups is 1. The summed E-state index contributed by atoms with van der Waals surface area (Å²) in [6, 6.07) is 11.5. The molecule has 4 rings (SSSR count). The van der Waals surface area contributed by atoms with Gasteiger partial charge in [-0.15, -0.1) is 10.2 Å². The Hall–Kier alpha value is -3.33. The van der Waals surface area contributed by atoms with Crippen molar-refractivity contribution in [3.63, 3.8) is 0 Å². The predicted octanol–water partition coefficient (Wildman–Crippen LogP) is 2.31. The summed E-state index contributed by atoms with van der Waals surface area (Å²) < 4.78 is 0. The number of nitrogens with one attached hydrogen (secondary N) is 2. The van der Waals surface area contributed by atoms with Crippen molar-refractivity contribution in [3.05, 3.63) is 59.9 Å². The summed E-state index contributed by atoms with van der Waals surface area (Å²) in [6.07, 6.45) is 4.16. The molecule has 0 saturated heterocycles. The molecule has 9 heteroatoms. The largest absolute Gasteiger partial charge is 0.329 e. The van der Waals surface area contributed by atoms with Gasteiger partial charge in [0.2, 0.25) is 11.0 Å². The summed E-state index contributed by atoms with van der Waals surface area (Å²) in [6.45, 7) is 1.06. The van der Waals surface area contributed by atoms with Crippen LogP contribution in [0.4, 0.5) is 9.93 Å². The van der Waals surface area contributed by atoms with Crippen molar-refractivity contribution in [2.45, 2.75) is 13.0 Å². The molecule has 3 aromatic rings. The van der Waals surface area contributed by atoms with Crippen LogP contribution in [0.25, 0.3) is 10.6 Å². The number of anilines is 1. The molecule has 142 valence electrons. The molecule has 0 atom stereocenters. The van der Waals surface area contributed by atoms with Gasteiger partial charge < -0.3 is 10.2 Å². The summed E-state index contributed by atoms with van der Waals surface area (Å²) in [4.78, 5) is 30.2. The van der Waals surface area contributed by atoms with Gasteiger partial charge >= 0.3 is 6.03 Å². The quantitative estimate of drug-likeness (QED) is 0.707. The minimum absolute atomic E-state index is 0.124. The van der Waals surface area contributed by atoms with Crippen LogP contribution in [0.15, 0.2) is 48.8 Å². The number of amides is 3. The fourth-order valence-corrected chi connectivity index (χ4v) is 3.75. The first-order valence-electron chi connectivity index (χ1n) is 8.82. The third kappa shape index (κ3) is 4.15. The molecular formula is C19H18N6O2S. The van der Waals surface area contributed by atoms with E-state index in [1.165, 1.54) is 16.9 Å². The highest BCUT2D eigenvalue weighted by molar-refractivity contribution is 7.18. The van der Waals surface area contributed by atoms with Gasteiger partial charge in [0.15, 0.2) is 0 Å². The predicted molar refractivity (Wildman–Crippen MR) is 106 cm³/mol. The Labute approximate surface area is 165 Å². The summed E-state index contributed by atoms with van der Waals surface area (Å²) in [5.74, 6) is -0.344. The van der Waals surface area contributed by atoms with Crippen molar-refractivity contribution in [1.82, 2.24) is 25.4 Å². The van der Waals surface area contributed by atoms with Gasteiger partial charge in [0, 0.05) is 31.0 Å². The Bertz CT molecular complexity index is 991. The van der Waals surface area contributed by atoms with Crippen LogP contribution < -0.4 is 10.6 Å². The number of pyridine rings is 1. The number of nitrogens with zero attached hydrogens (tertiary/aromatic N) is 4. The van der Waals surface area contributed by atoms with E-state index < -0.39 is 0 Å². The highest BCUT2D eigenvalue weighted by Gasteiger charge is 2.20. The number of hydrogen-bond donors (Lipinski definition) is 2. The average molecular weight is 394 g/mol. The SMILES string of the molecule is O=C(CNC(=O)N1CCc2ccccc2C1)Nc1nnc(-c2ccncc2)s1. The fourth-order valence-electron chi connectivity index (χ4n) is 2.99. The maximum atomic E-state index is 12.4. The summed E-state index contributed by atoms with van der Waals surface area (Å²) in [5, 5.41) is 14.4. The van der Waals surface area contributed by atoms with Crippen molar-refractivity contribution < 1.29 is 9.59 Å². The average Bonchev–Trinajstić information content (AvgIpc) is 3.20. The van der Waals surface area contributed by atoms with Crippen LogP contribution in [0.5, 0.6) is 0 Å². The van der Waals surface area contributed by atoms with Gasteiger partial charge in [-0.25, -0.2) is 4.79 Å². The molecule has 1 aromatic carbocycles. The second-order valence-corrected chi connectivity index (χ2v) is 7.27. The van der Waals surface area contributed by atoms with Crippen LogP contribution in [0, 0.1) is 0 Å². The third-order valence-electron chi connectivity index (χ3n) is 4.42. The van der Waals surface area contributed by atoms with Gasteiger partial charge in [-0.05, 0) is 29.7 Å². The maximum Gasteiger partial charge on any atom is 0.318 e. The molecule has 0 spiro atoms. The van der Waals surface area contributed by atoms with E-state index in [2.05, 4.69) is 31.9 Å². The van der Waals surface area contributed by atoms with Crippen LogP contribution in [0.3, 0.4) is 0 Å². The number of carbonyl (C=O) groups is 2. The molecule has 2 aromatic heterocycles. The van der Waals surface area contributed by atoms with Gasteiger partial charge in [-0.2, -0.15) is 0 Å². The van der Waals surface area contributed by atoms with E-state index in [0.29, 0.717) is 23.2 Å². The number of rotatable bonds is 4. The van der Waals surface area contributed by atoms with Gasteiger partial charge in [0.25, 0.3) is 0 Å². The zero-order valence-corrected chi connectivity index (χ0v) is 15.8. The van der Waals surface area contributed by atoms with Crippen LogP contribution in [-0.2, 0) is 17.8 Å². The molecule has 1 aliphatic rings. The molecule has 3 heterocycles. The highest BCUT2D eigenvalue weighted by Crippen LogP contribution is 2.25. The van der Waals surface area contributed by atoms with E-state index in [9.17, 15) is 9.59 Å². The molecule has 0 aliphatic carbocycles. The number of carbonyl (C=O) groups excluding carboxylic acids is 2. The Kier molecular flexibility index (Phi) is 5.24. The Morgan fingerprint density at radius 2 is 1.86 bits per heavy atom. The standard InChI is InChI=1S/C19H18N6O2S/c26-16(22-18-24-23-17(28-18)14-5-8-20-9-6-14)11-21-19(27)25-10-7-13-3-1-2-4-15(13)12-25/h1-6,8-9H,7,10-12H2,(H,21,27)(H,22,24,26). The molecule has 2 N–H and O–H groups in total. The zero-order valence-electron chi connectivity index (χ0n) is 15.0. The van der Waals surface area contributed by atoms with E-state index in [1.54, 1.807) is 17.3 Å². The first-order valence-corrected chi connectivity index (χ1v) is 9.64. The van der Waals surface area contributed by atoms with Crippen molar-refractivity contribution in [2.75, 3.05) is 18.4 Å². The normalized spacial score (nSPS) is 12.9. The van der Waals surface area contributed by atoms with E-state index in [-0.39, 0.29) is 18.5 Å². The first kappa shape index (κ1) is 18.1. The summed E-state index contributed by atoms with van der Waals surface area (Å²) >= 11 is 1.26. The van der Waals surface area contributed by atoms with Crippen LogP contribution in [-0.4, -0.2) is 45.1 Å². The molecule has 0 fully saturated rings. The first-order chi connectivity index (χ1) is 13.7. The number of aromatic nitrogens is 3.